The van der Waals surface area contributed by atoms with Gasteiger partial charge in [-0.05, 0) is 22.6 Å². The number of tetrazole rings is 1. The quantitative estimate of drug-likeness (QED) is 0.799. The molecule has 0 atom stereocenters. The van der Waals surface area contributed by atoms with Gasteiger partial charge in [0.15, 0.2) is 4.47 Å². The normalized spacial score (nSPS) is 10.6. The van der Waals surface area contributed by atoms with Gasteiger partial charge in [-0.3, -0.25) is 0 Å². The summed E-state index contributed by atoms with van der Waals surface area (Å²) >= 11 is 7.26. The maximum absolute atomic E-state index is 5.80. The zero-order valence-corrected chi connectivity index (χ0v) is 11.3. The molecule has 3 aromatic rings. The third kappa shape index (κ3) is 2.72. The molecule has 0 aliphatic heterocycles. The summed E-state index contributed by atoms with van der Waals surface area (Å²) in [5.41, 5.74) is 1.84. The molecule has 6 nitrogen and oxygen atoms in total. The fraction of sp³-hybridized carbons (Fsp3) is 0.0909. The minimum absolute atomic E-state index is 0.547. The first kappa shape index (κ1) is 12.1. The lowest BCUT2D eigenvalue weighted by Gasteiger charge is -2.09. The second-order valence-corrected chi connectivity index (χ2v) is 5.40. The van der Waals surface area contributed by atoms with E-state index < -0.39 is 0 Å². The Morgan fingerprint density at radius 3 is 2.95 bits per heavy atom. The number of aromatic nitrogens is 5. The highest BCUT2D eigenvalue weighted by atomic mass is 35.5. The highest BCUT2D eigenvalue weighted by Crippen LogP contribution is 2.22. The Kier molecular flexibility index (Phi) is 3.39. The SMILES string of the molecule is Clc1ncc(CNc2ccccc2-n2cnnn2)s1. The number of benzene rings is 1. The van der Waals surface area contributed by atoms with Crippen molar-refractivity contribution in [3.05, 3.63) is 46.1 Å². The first-order valence-corrected chi connectivity index (χ1v) is 6.69. The van der Waals surface area contributed by atoms with Crippen LogP contribution in [0.3, 0.4) is 0 Å². The molecule has 0 saturated heterocycles. The van der Waals surface area contributed by atoms with Crippen molar-refractivity contribution in [2.75, 3.05) is 5.32 Å². The fourth-order valence-electron chi connectivity index (χ4n) is 1.64. The van der Waals surface area contributed by atoms with E-state index in [1.165, 1.54) is 11.3 Å². The Morgan fingerprint density at radius 2 is 2.21 bits per heavy atom. The topological polar surface area (TPSA) is 68.5 Å². The molecule has 96 valence electrons. The summed E-state index contributed by atoms with van der Waals surface area (Å²) in [6, 6.07) is 7.81. The number of nitrogens with zero attached hydrogens (tertiary/aromatic N) is 5. The maximum Gasteiger partial charge on any atom is 0.183 e. The van der Waals surface area contributed by atoms with Crippen molar-refractivity contribution in [1.29, 1.82) is 0 Å². The number of thiazole rings is 1. The second-order valence-electron chi connectivity index (χ2n) is 3.70. The molecule has 1 N–H and O–H groups in total. The molecule has 0 unspecified atom stereocenters. The second kappa shape index (κ2) is 5.33. The number of hydrogen-bond donors (Lipinski definition) is 1. The molecule has 0 fully saturated rings. The molecule has 0 radical (unpaired) electrons. The van der Waals surface area contributed by atoms with Crippen LogP contribution in [-0.2, 0) is 6.54 Å². The third-order valence-corrected chi connectivity index (χ3v) is 3.59. The van der Waals surface area contributed by atoms with E-state index in [-0.39, 0.29) is 0 Å². The Hall–Kier alpha value is -1.99. The fourth-order valence-corrected chi connectivity index (χ4v) is 2.56. The lowest BCUT2D eigenvalue weighted by Crippen LogP contribution is -2.04. The lowest BCUT2D eigenvalue weighted by atomic mass is 10.2. The molecular formula is C11H9ClN6S. The smallest absolute Gasteiger partial charge is 0.183 e. The van der Waals surface area contributed by atoms with E-state index in [2.05, 4.69) is 25.8 Å². The molecule has 2 heterocycles. The number of nitrogens with one attached hydrogen (secondary N) is 1. The van der Waals surface area contributed by atoms with Crippen LogP contribution in [0.5, 0.6) is 0 Å². The van der Waals surface area contributed by atoms with E-state index in [9.17, 15) is 0 Å². The molecule has 8 heteroatoms. The maximum atomic E-state index is 5.80. The van der Waals surface area contributed by atoms with Gasteiger partial charge in [0.1, 0.15) is 6.33 Å². The van der Waals surface area contributed by atoms with Gasteiger partial charge in [-0.15, -0.1) is 16.4 Å². The van der Waals surface area contributed by atoms with Crippen LogP contribution in [0.25, 0.3) is 5.69 Å². The molecule has 3 rings (SSSR count). The summed E-state index contributed by atoms with van der Waals surface area (Å²) in [7, 11) is 0. The van der Waals surface area contributed by atoms with Crippen molar-refractivity contribution in [2.24, 2.45) is 0 Å². The zero-order valence-electron chi connectivity index (χ0n) is 9.69. The first-order chi connectivity index (χ1) is 9.33. The van der Waals surface area contributed by atoms with Gasteiger partial charge in [0.05, 0.1) is 17.9 Å². The van der Waals surface area contributed by atoms with E-state index in [0.29, 0.717) is 11.0 Å². The van der Waals surface area contributed by atoms with Gasteiger partial charge in [0.25, 0.3) is 0 Å². The van der Waals surface area contributed by atoms with Crippen molar-refractivity contribution < 1.29 is 0 Å². The monoisotopic (exact) mass is 292 g/mol. The van der Waals surface area contributed by atoms with Gasteiger partial charge in [0.2, 0.25) is 0 Å². The molecule has 0 saturated carbocycles. The van der Waals surface area contributed by atoms with Crippen LogP contribution in [0.15, 0.2) is 36.8 Å². The average Bonchev–Trinajstić information content (AvgIpc) is 3.08. The van der Waals surface area contributed by atoms with Crippen LogP contribution >= 0.6 is 22.9 Å². The van der Waals surface area contributed by atoms with Crippen LogP contribution in [-0.4, -0.2) is 25.2 Å². The molecule has 1 aromatic carbocycles. The minimum Gasteiger partial charge on any atom is -0.378 e. The number of halogens is 1. The lowest BCUT2D eigenvalue weighted by molar-refractivity contribution is 0.789. The standard InChI is InChI=1S/C11H9ClN6S/c12-11-14-6-8(19-11)5-13-9-3-1-2-4-10(9)18-7-15-16-17-18/h1-4,6-7,13H,5H2. The van der Waals surface area contributed by atoms with Gasteiger partial charge >= 0.3 is 0 Å². The molecule has 0 amide bonds. The highest BCUT2D eigenvalue weighted by molar-refractivity contribution is 7.15. The third-order valence-electron chi connectivity index (χ3n) is 2.48. The van der Waals surface area contributed by atoms with Crippen molar-refractivity contribution in [2.45, 2.75) is 6.54 Å². The first-order valence-electron chi connectivity index (χ1n) is 5.49. The van der Waals surface area contributed by atoms with Gasteiger partial charge in [-0.2, -0.15) is 4.68 Å². The van der Waals surface area contributed by atoms with E-state index in [4.69, 9.17) is 11.6 Å². The van der Waals surface area contributed by atoms with Gasteiger partial charge < -0.3 is 5.32 Å². The summed E-state index contributed by atoms with van der Waals surface area (Å²) in [5.74, 6) is 0. The van der Waals surface area contributed by atoms with Crippen LogP contribution < -0.4 is 5.32 Å². The molecule has 0 aliphatic rings. The summed E-state index contributed by atoms with van der Waals surface area (Å²) in [4.78, 5) is 5.07. The number of hydrogen-bond acceptors (Lipinski definition) is 6. The van der Waals surface area contributed by atoms with Crippen molar-refractivity contribution >= 4 is 28.6 Å². The average molecular weight is 293 g/mol. The summed E-state index contributed by atoms with van der Waals surface area (Å²) in [6.07, 6.45) is 3.32. The molecule has 0 spiro atoms. The Labute approximate surface area is 118 Å². The Balaban J connectivity index is 1.81. The number of rotatable bonds is 4. The predicted octanol–water partition coefficient (Wildman–Crippen LogP) is 2.38. The summed E-state index contributed by atoms with van der Waals surface area (Å²) in [6.45, 7) is 0.656. The van der Waals surface area contributed by atoms with E-state index >= 15 is 0 Å². The van der Waals surface area contributed by atoms with Crippen molar-refractivity contribution in [1.82, 2.24) is 25.2 Å². The molecular weight excluding hydrogens is 284 g/mol. The molecule has 0 bridgehead atoms. The van der Waals surface area contributed by atoms with Crippen molar-refractivity contribution in [3.8, 4) is 5.69 Å². The van der Waals surface area contributed by atoms with Crippen LogP contribution in [0.1, 0.15) is 4.88 Å². The summed E-state index contributed by atoms with van der Waals surface area (Å²) in [5, 5.41) is 14.5. The zero-order chi connectivity index (χ0) is 13.1. The van der Waals surface area contributed by atoms with E-state index in [1.54, 1.807) is 17.2 Å². The van der Waals surface area contributed by atoms with Gasteiger partial charge in [-0.25, -0.2) is 4.98 Å². The van der Waals surface area contributed by atoms with Crippen LogP contribution in [0.4, 0.5) is 5.69 Å². The Bertz CT molecular complexity index is 665. The van der Waals surface area contributed by atoms with E-state index in [0.717, 1.165) is 16.3 Å². The predicted molar refractivity (Wildman–Crippen MR) is 73.6 cm³/mol. The number of para-hydroxylation sites is 2. The molecule has 2 aromatic heterocycles. The highest BCUT2D eigenvalue weighted by Gasteiger charge is 2.06. The van der Waals surface area contributed by atoms with Crippen LogP contribution in [0.2, 0.25) is 4.47 Å². The Morgan fingerprint density at radius 1 is 1.32 bits per heavy atom. The van der Waals surface area contributed by atoms with Crippen molar-refractivity contribution in [3.63, 3.8) is 0 Å². The van der Waals surface area contributed by atoms with E-state index in [1.807, 2.05) is 24.3 Å². The minimum atomic E-state index is 0.547. The molecule has 19 heavy (non-hydrogen) atoms. The largest absolute Gasteiger partial charge is 0.378 e. The van der Waals surface area contributed by atoms with Crippen LogP contribution in [0, 0.1) is 0 Å². The van der Waals surface area contributed by atoms with Gasteiger partial charge in [0, 0.05) is 11.1 Å². The molecule has 0 aliphatic carbocycles. The van der Waals surface area contributed by atoms with Gasteiger partial charge in [-0.1, -0.05) is 23.7 Å². The number of anilines is 1. The summed E-state index contributed by atoms with van der Waals surface area (Å²) < 4.78 is 2.16.